The highest BCUT2D eigenvalue weighted by Crippen LogP contribution is 2.07. The van der Waals surface area contributed by atoms with Crippen molar-refractivity contribution in [1.82, 2.24) is 10.2 Å². The number of primary amides is 1. The second-order valence-electron chi connectivity index (χ2n) is 2.72. The fourth-order valence-electron chi connectivity index (χ4n) is 1.25. The molecule has 0 unspecified atom stereocenters. The van der Waals surface area contributed by atoms with Crippen LogP contribution in [0, 0.1) is 0 Å². The normalized spacial score (nSPS) is 22.3. The Labute approximate surface area is 69.3 Å². The van der Waals surface area contributed by atoms with E-state index >= 15 is 0 Å². The minimum Gasteiger partial charge on any atom is -0.465 e. The van der Waals surface area contributed by atoms with Crippen LogP contribution in [-0.4, -0.2) is 41.3 Å². The van der Waals surface area contributed by atoms with Crippen molar-refractivity contribution in [1.29, 1.82) is 0 Å². The van der Waals surface area contributed by atoms with E-state index in [1.54, 1.807) is 0 Å². The lowest BCUT2D eigenvalue weighted by Crippen LogP contribution is -2.39. The number of rotatable bonds is 1. The maximum Gasteiger partial charge on any atom is 0.404 e. The van der Waals surface area contributed by atoms with E-state index in [4.69, 9.17) is 10.8 Å². The third-order valence-corrected chi connectivity index (χ3v) is 1.83. The highest BCUT2D eigenvalue weighted by Gasteiger charge is 2.25. The fraction of sp³-hybridized carbons (Fsp3) is 0.667. The van der Waals surface area contributed by atoms with Gasteiger partial charge in [-0.05, 0) is 6.42 Å². The summed E-state index contributed by atoms with van der Waals surface area (Å²) in [5.74, 6) is 0. The Morgan fingerprint density at radius 3 is 2.67 bits per heavy atom. The Morgan fingerprint density at radius 1 is 1.58 bits per heavy atom. The van der Waals surface area contributed by atoms with E-state index in [0.717, 1.165) is 0 Å². The Bertz CT molecular complexity index is 206. The molecule has 0 bridgehead atoms. The molecule has 1 aliphatic rings. The molecule has 0 spiro atoms. The first-order valence-electron chi connectivity index (χ1n) is 3.63. The van der Waals surface area contributed by atoms with E-state index in [1.807, 2.05) is 0 Å². The van der Waals surface area contributed by atoms with E-state index in [9.17, 15) is 9.59 Å². The molecule has 1 rings (SSSR count). The lowest BCUT2D eigenvalue weighted by molar-refractivity contribution is 0.189. The van der Waals surface area contributed by atoms with Crippen LogP contribution in [0.15, 0.2) is 0 Å². The minimum absolute atomic E-state index is 0.171. The van der Waals surface area contributed by atoms with Gasteiger partial charge in [0.1, 0.15) is 0 Å². The zero-order valence-corrected chi connectivity index (χ0v) is 6.49. The molecule has 0 aliphatic carbocycles. The number of hydrogen-bond acceptors (Lipinski definition) is 2. The number of carboxylic acid groups (broad SMARTS) is 1. The Morgan fingerprint density at radius 2 is 2.25 bits per heavy atom. The first-order chi connectivity index (χ1) is 5.59. The van der Waals surface area contributed by atoms with Crippen LogP contribution in [0.4, 0.5) is 9.59 Å². The molecule has 3 amide bonds. The van der Waals surface area contributed by atoms with Crippen molar-refractivity contribution in [3.8, 4) is 0 Å². The molecule has 12 heavy (non-hydrogen) atoms. The molecule has 1 aliphatic heterocycles. The molecule has 0 aromatic heterocycles. The molecule has 1 atom stereocenters. The average Bonchev–Trinajstić information content (AvgIpc) is 2.34. The standard InChI is InChI=1S/C6H11N3O3/c7-5(10)9-2-1-4(3-9)8-6(11)12/h4,8H,1-3H2,(H2,7,10)(H,11,12)/t4-/m1/s1. The highest BCUT2D eigenvalue weighted by atomic mass is 16.4. The first-order valence-corrected chi connectivity index (χ1v) is 3.63. The molecule has 0 aromatic rings. The van der Waals surface area contributed by atoms with Gasteiger partial charge in [-0.15, -0.1) is 0 Å². The predicted octanol–water partition coefficient (Wildman–Crippen LogP) is -0.593. The Kier molecular flexibility index (Phi) is 2.37. The smallest absolute Gasteiger partial charge is 0.404 e. The van der Waals surface area contributed by atoms with Crippen LogP contribution in [0.1, 0.15) is 6.42 Å². The molecule has 1 saturated heterocycles. The van der Waals surface area contributed by atoms with Crippen LogP contribution in [0.25, 0.3) is 0 Å². The van der Waals surface area contributed by atoms with Crippen LogP contribution < -0.4 is 11.1 Å². The molecule has 0 saturated carbocycles. The maximum atomic E-state index is 10.6. The van der Waals surface area contributed by atoms with Crippen LogP contribution >= 0.6 is 0 Å². The fourth-order valence-corrected chi connectivity index (χ4v) is 1.25. The van der Waals surface area contributed by atoms with Crippen molar-refractivity contribution >= 4 is 12.1 Å². The van der Waals surface area contributed by atoms with Crippen molar-refractivity contribution in [3.63, 3.8) is 0 Å². The summed E-state index contributed by atoms with van der Waals surface area (Å²) in [5.41, 5.74) is 5.00. The van der Waals surface area contributed by atoms with Gasteiger partial charge >= 0.3 is 12.1 Å². The number of nitrogens with two attached hydrogens (primary N) is 1. The van der Waals surface area contributed by atoms with E-state index in [2.05, 4.69) is 5.32 Å². The van der Waals surface area contributed by atoms with Crippen LogP contribution in [0.5, 0.6) is 0 Å². The topological polar surface area (TPSA) is 95.7 Å². The summed E-state index contributed by atoms with van der Waals surface area (Å²) < 4.78 is 0. The lowest BCUT2D eigenvalue weighted by Gasteiger charge is -2.12. The van der Waals surface area contributed by atoms with Gasteiger partial charge in [-0.25, -0.2) is 9.59 Å². The number of hydrogen-bond donors (Lipinski definition) is 3. The van der Waals surface area contributed by atoms with E-state index in [1.165, 1.54) is 4.90 Å². The third-order valence-electron chi connectivity index (χ3n) is 1.83. The average molecular weight is 173 g/mol. The van der Waals surface area contributed by atoms with Gasteiger partial charge in [0.25, 0.3) is 0 Å². The van der Waals surface area contributed by atoms with E-state index in [-0.39, 0.29) is 6.04 Å². The summed E-state index contributed by atoms with van der Waals surface area (Å²) in [6, 6.07) is -0.667. The quantitative estimate of drug-likeness (QED) is 0.494. The summed E-state index contributed by atoms with van der Waals surface area (Å²) in [6.07, 6.45) is -0.429. The van der Waals surface area contributed by atoms with Crippen molar-refractivity contribution < 1.29 is 14.7 Å². The van der Waals surface area contributed by atoms with E-state index in [0.29, 0.717) is 19.5 Å². The molecule has 1 heterocycles. The number of carbonyl (C=O) groups is 2. The molecular weight excluding hydrogens is 162 g/mol. The van der Waals surface area contributed by atoms with Crippen molar-refractivity contribution in [3.05, 3.63) is 0 Å². The van der Waals surface area contributed by atoms with Gasteiger partial charge in [-0.1, -0.05) is 0 Å². The number of likely N-dealkylation sites (tertiary alicyclic amines) is 1. The van der Waals surface area contributed by atoms with Gasteiger partial charge in [0.15, 0.2) is 0 Å². The van der Waals surface area contributed by atoms with Gasteiger partial charge in [0.2, 0.25) is 0 Å². The van der Waals surface area contributed by atoms with Crippen LogP contribution in [0.2, 0.25) is 0 Å². The van der Waals surface area contributed by atoms with Gasteiger partial charge in [0.05, 0.1) is 6.04 Å². The minimum atomic E-state index is -1.06. The number of nitrogens with one attached hydrogen (secondary N) is 1. The van der Waals surface area contributed by atoms with Crippen molar-refractivity contribution in [2.24, 2.45) is 5.73 Å². The molecule has 6 nitrogen and oxygen atoms in total. The van der Waals surface area contributed by atoms with Crippen LogP contribution in [0.3, 0.4) is 0 Å². The number of urea groups is 1. The van der Waals surface area contributed by atoms with Gasteiger partial charge < -0.3 is 21.1 Å². The van der Waals surface area contributed by atoms with E-state index < -0.39 is 12.1 Å². The molecular formula is C6H11N3O3. The largest absolute Gasteiger partial charge is 0.465 e. The molecule has 68 valence electrons. The summed E-state index contributed by atoms with van der Waals surface area (Å²) >= 11 is 0. The zero-order valence-electron chi connectivity index (χ0n) is 6.49. The Balaban J connectivity index is 2.35. The highest BCUT2D eigenvalue weighted by molar-refractivity contribution is 5.72. The molecule has 4 N–H and O–H groups in total. The number of carbonyl (C=O) groups excluding carboxylic acids is 1. The zero-order chi connectivity index (χ0) is 9.14. The number of nitrogens with zero attached hydrogens (tertiary/aromatic N) is 1. The SMILES string of the molecule is NC(=O)N1CC[C@@H](NC(=O)O)C1. The van der Waals surface area contributed by atoms with Gasteiger partial charge in [-0.2, -0.15) is 0 Å². The van der Waals surface area contributed by atoms with Gasteiger partial charge in [-0.3, -0.25) is 0 Å². The van der Waals surface area contributed by atoms with Crippen LogP contribution in [-0.2, 0) is 0 Å². The second-order valence-corrected chi connectivity index (χ2v) is 2.72. The summed E-state index contributed by atoms with van der Waals surface area (Å²) in [4.78, 5) is 22.2. The predicted molar refractivity (Wildman–Crippen MR) is 40.7 cm³/mol. The lowest BCUT2D eigenvalue weighted by atomic mass is 10.3. The summed E-state index contributed by atoms with van der Waals surface area (Å²) in [7, 11) is 0. The second kappa shape index (κ2) is 3.29. The third kappa shape index (κ3) is 2.01. The number of amides is 3. The molecule has 1 fully saturated rings. The molecule has 0 aromatic carbocycles. The van der Waals surface area contributed by atoms with Gasteiger partial charge in [0, 0.05) is 13.1 Å². The maximum absolute atomic E-state index is 10.6. The molecule has 0 radical (unpaired) electrons. The van der Waals surface area contributed by atoms with Crippen molar-refractivity contribution in [2.75, 3.05) is 13.1 Å². The molecule has 6 heteroatoms. The van der Waals surface area contributed by atoms with Crippen molar-refractivity contribution in [2.45, 2.75) is 12.5 Å². The summed E-state index contributed by atoms with van der Waals surface area (Å²) in [6.45, 7) is 0.905. The monoisotopic (exact) mass is 173 g/mol. The Hall–Kier alpha value is -1.46. The summed E-state index contributed by atoms with van der Waals surface area (Å²) in [5, 5.41) is 10.6. The first kappa shape index (κ1) is 8.63.